The molecule has 1 saturated heterocycles. The van der Waals surface area contributed by atoms with Gasteiger partial charge in [-0.05, 0) is 37.5 Å². The molecule has 0 spiro atoms. The van der Waals surface area contributed by atoms with Crippen molar-refractivity contribution in [3.05, 3.63) is 22.7 Å². The number of likely N-dealkylation sites (tertiary alicyclic amines) is 1. The number of guanidine groups is 1. The predicted molar refractivity (Wildman–Crippen MR) is 121 cm³/mol. The topological polar surface area (TPSA) is 75.2 Å². The van der Waals surface area contributed by atoms with E-state index in [0.29, 0.717) is 48.8 Å². The smallest absolute Gasteiger partial charge is 0.241 e. The Balaban J connectivity index is 0.00000280. The summed E-state index contributed by atoms with van der Waals surface area (Å²) in [4.78, 5) is 18.7. The molecule has 2 N–H and O–H groups in total. The number of halogens is 2. The molecule has 0 aliphatic carbocycles. The molecular formula is C19H28ClIN4O3. The number of hydrogen-bond donors (Lipinski definition) is 2. The molecule has 0 bridgehead atoms. The number of nitrogens with one attached hydrogen (secondary N) is 2. The van der Waals surface area contributed by atoms with Gasteiger partial charge in [-0.15, -0.1) is 24.0 Å². The van der Waals surface area contributed by atoms with Gasteiger partial charge in [0.25, 0.3) is 0 Å². The normalized spacial score (nSPS) is 16.2. The summed E-state index contributed by atoms with van der Waals surface area (Å²) >= 11 is 6.34. The molecule has 9 heteroatoms. The van der Waals surface area contributed by atoms with Gasteiger partial charge in [-0.3, -0.25) is 4.79 Å². The average Bonchev–Trinajstić information content (AvgIpc) is 3.09. The first kappa shape index (κ1) is 22.9. The van der Waals surface area contributed by atoms with Crippen molar-refractivity contribution in [3.8, 4) is 11.5 Å². The maximum atomic E-state index is 12.2. The van der Waals surface area contributed by atoms with E-state index in [1.165, 1.54) is 0 Å². The molecule has 1 aromatic carbocycles. The largest absolute Gasteiger partial charge is 0.489 e. The third-order valence-electron chi connectivity index (χ3n) is 4.49. The Labute approximate surface area is 188 Å². The molecule has 156 valence electrons. The van der Waals surface area contributed by atoms with Gasteiger partial charge in [0.15, 0.2) is 17.5 Å². The Morgan fingerprint density at radius 1 is 1.18 bits per heavy atom. The van der Waals surface area contributed by atoms with Crippen molar-refractivity contribution in [2.24, 2.45) is 4.99 Å². The van der Waals surface area contributed by atoms with Gasteiger partial charge in [-0.1, -0.05) is 11.6 Å². The highest BCUT2D eigenvalue weighted by molar-refractivity contribution is 14.0. The van der Waals surface area contributed by atoms with Crippen LogP contribution < -0.4 is 20.1 Å². The van der Waals surface area contributed by atoms with Crippen LogP contribution >= 0.6 is 35.6 Å². The molecule has 0 saturated carbocycles. The molecule has 0 radical (unpaired) electrons. The Hall–Kier alpha value is -1.42. The van der Waals surface area contributed by atoms with Crippen LogP contribution in [-0.4, -0.2) is 56.2 Å². The number of nitrogens with zero attached hydrogens (tertiary/aromatic N) is 2. The average molecular weight is 523 g/mol. The fraction of sp³-hybridized carbons (Fsp3) is 0.579. The third kappa shape index (κ3) is 6.30. The highest BCUT2D eigenvalue weighted by Crippen LogP contribution is 2.38. The molecule has 7 nitrogen and oxygen atoms in total. The molecule has 2 aliphatic rings. The summed E-state index contributed by atoms with van der Waals surface area (Å²) in [5, 5.41) is 6.81. The van der Waals surface area contributed by atoms with Crippen LogP contribution in [0, 0.1) is 0 Å². The molecular weight excluding hydrogens is 495 g/mol. The van der Waals surface area contributed by atoms with Crippen LogP contribution in [0.5, 0.6) is 11.5 Å². The van der Waals surface area contributed by atoms with E-state index in [9.17, 15) is 4.79 Å². The lowest BCUT2D eigenvalue weighted by Crippen LogP contribution is -2.44. The second kappa shape index (κ2) is 11.5. The van der Waals surface area contributed by atoms with E-state index in [0.717, 1.165) is 37.9 Å². The van der Waals surface area contributed by atoms with Crippen LogP contribution in [-0.2, 0) is 11.3 Å². The minimum atomic E-state index is 0. The number of hydrogen-bond acceptors (Lipinski definition) is 4. The first-order valence-electron chi connectivity index (χ1n) is 9.55. The number of carbonyl (C=O) groups is 1. The quantitative estimate of drug-likeness (QED) is 0.353. The molecule has 1 amide bonds. The summed E-state index contributed by atoms with van der Waals surface area (Å²) in [6.07, 6.45) is 3.01. The van der Waals surface area contributed by atoms with Gasteiger partial charge < -0.3 is 25.0 Å². The van der Waals surface area contributed by atoms with Crippen molar-refractivity contribution in [1.29, 1.82) is 0 Å². The van der Waals surface area contributed by atoms with Crippen LogP contribution in [0.3, 0.4) is 0 Å². The maximum Gasteiger partial charge on any atom is 0.241 e. The van der Waals surface area contributed by atoms with Crippen molar-refractivity contribution in [2.75, 3.05) is 39.4 Å². The number of carbonyl (C=O) groups excluding carboxylic acids is 1. The zero-order valence-electron chi connectivity index (χ0n) is 16.1. The summed E-state index contributed by atoms with van der Waals surface area (Å²) in [7, 11) is 0. The lowest BCUT2D eigenvalue weighted by molar-refractivity contribution is -0.128. The summed E-state index contributed by atoms with van der Waals surface area (Å²) in [5.74, 6) is 1.97. The van der Waals surface area contributed by atoms with Crippen LogP contribution in [0.2, 0.25) is 5.02 Å². The SMILES string of the molecule is CCNC(=NCc1cc(Cl)c2c(c1)OCCCO2)NCC(=O)N1CCCC1.I. The Kier molecular flexibility index (Phi) is 9.43. The van der Waals surface area contributed by atoms with E-state index < -0.39 is 0 Å². The van der Waals surface area contributed by atoms with E-state index in [2.05, 4.69) is 15.6 Å². The first-order valence-corrected chi connectivity index (χ1v) is 9.93. The highest BCUT2D eigenvalue weighted by Gasteiger charge is 2.18. The van der Waals surface area contributed by atoms with Gasteiger partial charge in [-0.25, -0.2) is 4.99 Å². The van der Waals surface area contributed by atoms with Crippen molar-refractivity contribution in [1.82, 2.24) is 15.5 Å². The number of rotatable bonds is 5. The number of fused-ring (bicyclic) bond motifs is 1. The van der Waals surface area contributed by atoms with E-state index >= 15 is 0 Å². The second-order valence-corrected chi connectivity index (χ2v) is 7.00. The number of amides is 1. The lowest BCUT2D eigenvalue weighted by atomic mass is 10.2. The molecule has 28 heavy (non-hydrogen) atoms. The molecule has 0 unspecified atom stereocenters. The second-order valence-electron chi connectivity index (χ2n) is 6.59. The summed E-state index contributed by atoms with van der Waals surface area (Å²) in [6.45, 7) is 6.28. The minimum absolute atomic E-state index is 0. The molecule has 2 aliphatic heterocycles. The summed E-state index contributed by atoms with van der Waals surface area (Å²) in [6, 6.07) is 3.76. The van der Waals surface area contributed by atoms with Gasteiger partial charge >= 0.3 is 0 Å². The van der Waals surface area contributed by atoms with E-state index in [-0.39, 0.29) is 36.4 Å². The third-order valence-corrected chi connectivity index (χ3v) is 4.77. The Bertz CT molecular complexity index is 696. The Morgan fingerprint density at radius 2 is 1.93 bits per heavy atom. The van der Waals surface area contributed by atoms with Crippen molar-refractivity contribution in [3.63, 3.8) is 0 Å². The van der Waals surface area contributed by atoms with E-state index in [4.69, 9.17) is 21.1 Å². The number of aliphatic imine (C=N–C) groups is 1. The standard InChI is InChI=1S/C19H27ClN4O3.HI/c1-2-21-19(23-13-17(25)24-6-3-4-7-24)22-12-14-10-15(20)18-16(11-14)26-8-5-9-27-18;/h10-11H,2-9,12-13H2,1H3,(H2,21,22,23);1H. The van der Waals surface area contributed by atoms with Gasteiger partial charge in [-0.2, -0.15) is 0 Å². The molecule has 0 aromatic heterocycles. The van der Waals surface area contributed by atoms with E-state index in [1.807, 2.05) is 24.0 Å². The zero-order valence-corrected chi connectivity index (χ0v) is 19.2. The fourth-order valence-electron chi connectivity index (χ4n) is 3.13. The lowest BCUT2D eigenvalue weighted by Gasteiger charge is -2.17. The molecule has 0 atom stereocenters. The molecule has 2 heterocycles. The van der Waals surface area contributed by atoms with Crippen LogP contribution in [0.25, 0.3) is 0 Å². The fourth-order valence-corrected chi connectivity index (χ4v) is 3.41. The van der Waals surface area contributed by atoms with Crippen molar-refractivity contribution < 1.29 is 14.3 Å². The van der Waals surface area contributed by atoms with Gasteiger partial charge in [0.1, 0.15) is 0 Å². The van der Waals surface area contributed by atoms with Gasteiger partial charge in [0.05, 0.1) is 31.3 Å². The maximum absolute atomic E-state index is 12.2. The van der Waals surface area contributed by atoms with Crippen LogP contribution in [0.4, 0.5) is 0 Å². The highest BCUT2D eigenvalue weighted by atomic mass is 127. The van der Waals surface area contributed by atoms with E-state index in [1.54, 1.807) is 0 Å². The summed E-state index contributed by atoms with van der Waals surface area (Å²) in [5.41, 5.74) is 0.923. The number of benzene rings is 1. The molecule has 1 aromatic rings. The van der Waals surface area contributed by atoms with Crippen LogP contribution in [0.1, 0.15) is 31.7 Å². The molecule has 3 rings (SSSR count). The number of ether oxygens (including phenoxy) is 2. The van der Waals surface area contributed by atoms with Gasteiger partial charge in [0, 0.05) is 26.1 Å². The summed E-state index contributed by atoms with van der Waals surface area (Å²) < 4.78 is 11.4. The molecule has 1 fully saturated rings. The van der Waals surface area contributed by atoms with Crippen LogP contribution in [0.15, 0.2) is 17.1 Å². The van der Waals surface area contributed by atoms with Crippen molar-refractivity contribution >= 4 is 47.4 Å². The Morgan fingerprint density at radius 3 is 2.68 bits per heavy atom. The minimum Gasteiger partial charge on any atom is -0.489 e. The monoisotopic (exact) mass is 522 g/mol. The predicted octanol–water partition coefficient (Wildman–Crippen LogP) is 2.80. The van der Waals surface area contributed by atoms with Crippen molar-refractivity contribution in [2.45, 2.75) is 32.7 Å². The van der Waals surface area contributed by atoms with Gasteiger partial charge in [0.2, 0.25) is 5.91 Å². The first-order chi connectivity index (χ1) is 13.2. The zero-order chi connectivity index (χ0) is 19.1.